The molecule has 2 aliphatic rings. The zero-order chi connectivity index (χ0) is 11.4. The van der Waals surface area contributed by atoms with E-state index in [-0.39, 0.29) is 6.61 Å². The van der Waals surface area contributed by atoms with Crippen LogP contribution in [0.15, 0.2) is 24.6 Å². The van der Waals surface area contributed by atoms with E-state index in [0.29, 0.717) is 12.8 Å². The standard InChI is InChI=1S/C10H14N2O2.2In/c11-7-1-4-10(14,5-2-8-12)6-3-9-13;;/h1-2,7-8,11-14H,3,6,9H2;;/q-2;2*+1. The van der Waals surface area contributed by atoms with Gasteiger partial charge < -0.3 is 0 Å². The molecule has 0 bridgehead atoms. The average molecular weight is 424 g/mol. The first kappa shape index (κ1) is 12.9. The summed E-state index contributed by atoms with van der Waals surface area (Å²) in [6.07, 6.45) is 9.32. The number of hydrogen-bond acceptors (Lipinski definition) is 4. The van der Waals surface area contributed by atoms with E-state index < -0.39 is 51.0 Å². The molecule has 82 valence electrons. The maximum absolute atomic E-state index is 10.9. The molecule has 0 aliphatic carbocycles. The van der Waals surface area contributed by atoms with E-state index in [9.17, 15) is 5.11 Å². The van der Waals surface area contributed by atoms with Gasteiger partial charge in [0, 0.05) is 0 Å². The molecule has 16 heavy (non-hydrogen) atoms. The Labute approximate surface area is 117 Å². The molecule has 4 nitrogen and oxygen atoms in total. The molecule has 0 saturated carbocycles. The molecule has 2 aliphatic heterocycles. The Balaban J connectivity index is 2.24. The van der Waals surface area contributed by atoms with Gasteiger partial charge in [0.05, 0.1) is 0 Å². The SMILES string of the molecule is OCCCC(O)([C]1=[In][NH]C=C1)[C]1=[In][NH]C=C1. The van der Waals surface area contributed by atoms with Crippen LogP contribution >= 0.6 is 0 Å². The van der Waals surface area contributed by atoms with Crippen LogP contribution in [0, 0.1) is 0 Å². The second kappa shape index (κ2) is 5.89. The van der Waals surface area contributed by atoms with E-state index >= 15 is 0 Å². The molecule has 0 unspecified atom stereocenters. The van der Waals surface area contributed by atoms with Gasteiger partial charge in [-0.15, -0.1) is 0 Å². The molecular weight excluding hydrogens is 410 g/mol. The van der Waals surface area contributed by atoms with Crippen LogP contribution in [0.25, 0.3) is 0 Å². The van der Waals surface area contributed by atoms with Crippen molar-refractivity contribution in [3.8, 4) is 0 Å². The Morgan fingerprint density at radius 1 is 1.12 bits per heavy atom. The fraction of sp³-hybridized carbons (Fsp3) is 0.400. The van der Waals surface area contributed by atoms with Crippen LogP contribution in [0.2, 0.25) is 0 Å². The zero-order valence-electron chi connectivity index (χ0n) is 8.98. The molecule has 0 atom stereocenters. The summed E-state index contributed by atoms with van der Waals surface area (Å²) < 4.78 is 9.01. The summed E-state index contributed by atoms with van der Waals surface area (Å²) in [4.78, 5) is 0. The van der Waals surface area contributed by atoms with Crippen LogP contribution in [0.5, 0.6) is 0 Å². The molecule has 0 aromatic rings. The van der Waals surface area contributed by atoms with Crippen molar-refractivity contribution in [2.24, 2.45) is 0 Å². The number of nitrogens with one attached hydrogen (secondary N) is 2. The third-order valence-electron chi connectivity index (χ3n) is 2.85. The van der Waals surface area contributed by atoms with Gasteiger partial charge in [0.25, 0.3) is 0 Å². The van der Waals surface area contributed by atoms with Crippen molar-refractivity contribution in [3.63, 3.8) is 0 Å². The monoisotopic (exact) mass is 424 g/mol. The Bertz CT molecular complexity index is 358. The van der Waals surface area contributed by atoms with Crippen LogP contribution in [-0.2, 0) is 0 Å². The second-order valence-corrected chi connectivity index (χ2v) is 11.0. The van der Waals surface area contributed by atoms with Gasteiger partial charge in [0.15, 0.2) is 0 Å². The van der Waals surface area contributed by atoms with Crippen molar-refractivity contribution < 1.29 is 10.2 Å². The molecular formula is C10H14In2N2O2. The Kier molecular flexibility index (Phi) is 4.76. The van der Waals surface area contributed by atoms with Crippen LogP contribution in [-0.4, -0.2) is 74.4 Å². The Morgan fingerprint density at radius 3 is 2.06 bits per heavy atom. The van der Waals surface area contributed by atoms with Crippen LogP contribution < -0.4 is 6.61 Å². The summed E-state index contributed by atoms with van der Waals surface area (Å²) in [6.45, 7) is 0.151. The van der Waals surface area contributed by atoms with E-state index in [1.54, 1.807) is 0 Å². The molecule has 4 N–H and O–H groups in total. The van der Waals surface area contributed by atoms with E-state index in [0.717, 1.165) is 0 Å². The van der Waals surface area contributed by atoms with Crippen molar-refractivity contribution in [2.45, 2.75) is 18.4 Å². The van der Waals surface area contributed by atoms with Gasteiger partial charge in [-0.2, -0.15) is 0 Å². The van der Waals surface area contributed by atoms with Gasteiger partial charge in [-0.05, 0) is 0 Å². The average Bonchev–Trinajstić information content (AvgIpc) is 2.96. The van der Waals surface area contributed by atoms with E-state index in [2.05, 4.69) is 6.61 Å². The van der Waals surface area contributed by atoms with Crippen LogP contribution in [0.4, 0.5) is 0 Å². The van der Waals surface area contributed by atoms with Gasteiger partial charge in [-0.25, -0.2) is 0 Å². The number of aliphatic hydroxyl groups is 2. The molecule has 0 saturated heterocycles. The Hall–Kier alpha value is 0.480. The van der Waals surface area contributed by atoms with E-state index in [1.165, 1.54) is 6.51 Å². The first-order valence-electron chi connectivity index (χ1n) is 5.37. The summed E-state index contributed by atoms with van der Waals surface area (Å²) in [6, 6.07) is 0. The number of hydrogen-bond donors (Lipinski definition) is 4. The molecule has 0 aromatic heterocycles. The van der Waals surface area contributed by atoms with E-state index in [4.69, 9.17) is 5.11 Å². The first-order chi connectivity index (χ1) is 7.77. The van der Waals surface area contributed by atoms with Crippen molar-refractivity contribution in [2.75, 3.05) is 6.61 Å². The molecule has 0 fully saturated rings. The summed E-state index contributed by atoms with van der Waals surface area (Å²) in [7, 11) is 0. The maximum atomic E-state index is 10.9. The van der Waals surface area contributed by atoms with Crippen molar-refractivity contribution >= 4 is 51.9 Å². The minimum absolute atomic E-state index is 0.151. The molecule has 0 aromatic carbocycles. The third kappa shape index (κ3) is 2.66. The van der Waals surface area contributed by atoms with Gasteiger partial charge in [0.2, 0.25) is 0 Å². The predicted molar refractivity (Wildman–Crippen MR) is 67.3 cm³/mol. The van der Waals surface area contributed by atoms with Gasteiger partial charge in [-0.1, -0.05) is 0 Å². The minimum atomic E-state index is -0.996. The molecule has 2 rings (SSSR count). The van der Waals surface area contributed by atoms with Gasteiger partial charge in [-0.3, -0.25) is 0 Å². The quantitative estimate of drug-likeness (QED) is 0.426. The van der Waals surface area contributed by atoms with E-state index in [1.807, 2.05) is 24.6 Å². The predicted octanol–water partition coefficient (Wildman–Crippen LogP) is -1.69. The normalized spacial score (nSPS) is 17.1. The van der Waals surface area contributed by atoms with Crippen molar-refractivity contribution in [1.29, 1.82) is 0 Å². The molecule has 0 amide bonds. The van der Waals surface area contributed by atoms with Crippen molar-refractivity contribution in [1.82, 2.24) is 6.61 Å². The fourth-order valence-corrected chi connectivity index (χ4v) is 9.67. The molecule has 2 heterocycles. The van der Waals surface area contributed by atoms with Gasteiger partial charge >= 0.3 is 118 Å². The molecule has 0 spiro atoms. The second-order valence-electron chi connectivity index (χ2n) is 3.89. The summed E-state index contributed by atoms with van der Waals surface area (Å²) in [5.74, 6) is 0. The molecule has 0 radical (unpaired) electrons. The number of rotatable bonds is 5. The topological polar surface area (TPSA) is 64.5 Å². The first-order valence-corrected chi connectivity index (χ1v) is 12.0. The van der Waals surface area contributed by atoms with Crippen LogP contribution in [0.3, 0.4) is 0 Å². The summed E-state index contributed by atoms with van der Waals surface area (Å²) in [5, 5.41) is 19.8. The number of aliphatic hydroxyl groups excluding tert-OH is 1. The third-order valence-corrected chi connectivity index (χ3v) is 10.5. The summed E-state index contributed by atoms with van der Waals surface area (Å²) in [5.41, 5.74) is -0.745. The Morgan fingerprint density at radius 2 is 1.69 bits per heavy atom. The van der Waals surface area contributed by atoms with Crippen LogP contribution in [0.1, 0.15) is 12.8 Å². The van der Waals surface area contributed by atoms with Crippen molar-refractivity contribution in [3.05, 3.63) is 24.6 Å². The fourth-order valence-electron chi connectivity index (χ4n) is 1.95. The summed E-state index contributed by atoms with van der Waals surface area (Å²) >= 11 is -1.99. The van der Waals surface area contributed by atoms with Gasteiger partial charge in [0.1, 0.15) is 0 Å². The molecule has 6 heteroatoms. The zero-order valence-corrected chi connectivity index (χ0v) is 15.6.